The van der Waals surface area contributed by atoms with Crippen molar-refractivity contribution in [2.45, 2.75) is 40.0 Å². The van der Waals surface area contributed by atoms with Crippen LogP contribution in [0.4, 0.5) is 0 Å². The number of aromatic nitrogens is 2. The predicted molar refractivity (Wildman–Crippen MR) is 80.1 cm³/mol. The highest BCUT2D eigenvalue weighted by molar-refractivity contribution is 6.09. The van der Waals surface area contributed by atoms with Gasteiger partial charge in [-0.2, -0.15) is 10.2 Å². The summed E-state index contributed by atoms with van der Waals surface area (Å²) in [6.07, 6.45) is 0. The number of benzene rings is 1. The number of hydrogen-bond acceptors (Lipinski definition) is 3. The van der Waals surface area contributed by atoms with Gasteiger partial charge in [-0.25, -0.2) is 0 Å². The molecule has 3 heteroatoms. The fourth-order valence-electron chi connectivity index (χ4n) is 2.06. The van der Waals surface area contributed by atoms with E-state index in [-0.39, 0.29) is 11.2 Å². The van der Waals surface area contributed by atoms with E-state index >= 15 is 0 Å². The number of aryl methyl sites for hydroxylation is 2. The van der Waals surface area contributed by atoms with E-state index in [0.717, 1.165) is 5.69 Å². The van der Waals surface area contributed by atoms with E-state index in [4.69, 9.17) is 0 Å². The summed E-state index contributed by atoms with van der Waals surface area (Å²) < 4.78 is 0. The smallest absolute Gasteiger partial charge is 0.194 e. The monoisotopic (exact) mass is 268 g/mol. The van der Waals surface area contributed by atoms with Crippen LogP contribution in [0.25, 0.3) is 0 Å². The lowest BCUT2D eigenvalue weighted by molar-refractivity contribution is 0.103. The summed E-state index contributed by atoms with van der Waals surface area (Å²) in [4.78, 5) is 12.5. The molecule has 0 saturated carbocycles. The number of rotatable bonds is 2. The fourth-order valence-corrected chi connectivity index (χ4v) is 2.06. The number of carbonyl (C=O) groups excluding carboxylic acids is 1. The van der Waals surface area contributed by atoms with Crippen LogP contribution in [0.2, 0.25) is 0 Å². The molecule has 0 saturated heterocycles. The Morgan fingerprint density at radius 3 is 2.15 bits per heavy atom. The van der Waals surface area contributed by atoms with Crippen molar-refractivity contribution in [1.29, 1.82) is 0 Å². The molecule has 0 spiro atoms. The third kappa shape index (κ3) is 2.93. The van der Waals surface area contributed by atoms with Gasteiger partial charge in [0.1, 0.15) is 0 Å². The molecule has 0 aliphatic heterocycles. The van der Waals surface area contributed by atoms with Gasteiger partial charge < -0.3 is 0 Å². The van der Waals surface area contributed by atoms with Crippen LogP contribution >= 0.6 is 0 Å². The summed E-state index contributed by atoms with van der Waals surface area (Å²) in [5.41, 5.74) is 4.04. The summed E-state index contributed by atoms with van der Waals surface area (Å²) >= 11 is 0. The van der Waals surface area contributed by atoms with Gasteiger partial charge in [-0.3, -0.25) is 4.79 Å². The van der Waals surface area contributed by atoms with Crippen LogP contribution in [0.5, 0.6) is 0 Å². The topological polar surface area (TPSA) is 42.9 Å². The SMILES string of the molecule is Cc1cc(C(=O)c2ccc(C(C)(C)C)cc2)c(C)nn1. The zero-order valence-electron chi connectivity index (χ0n) is 12.7. The van der Waals surface area contributed by atoms with Crippen molar-refractivity contribution in [1.82, 2.24) is 10.2 Å². The Hall–Kier alpha value is -2.03. The Labute approximate surface area is 120 Å². The molecule has 0 atom stereocenters. The maximum absolute atomic E-state index is 12.5. The van der Waals surface area contributed by atoms with Crippen molar-refractivity contribution >= 4 is 5.78 Å². The van der Waals surface area contributed by atoms with E-state index in [1.807, 2.05) is 38.1 Å². The average Bonchev–Trinajstić information content (AvgIpc) is 2.40. The molecule has 0 N–H and O–H groups in total. The highest BCUT2D eigenvalue weighted by Gasteiger charge is 2.16. The Morgan fingerprint density at radius 2 is 1.60 bits per heavy atom. The summed E-state index contributed by atoms with van der Waals surface area (Å²) in [6.45, 7) is 10.1. The van der Waals surface area contributed by atoms with E-state index in [9.17, 15) is 4.79 Å². The molecule has 0 unspecified atom stereocenters. The lowest BCUT2D eigenvalue weighted by Crippen LogP contribution is -2.12. The standard InChI is InChI=1S/C17H20N2O/c1-11-10-15(12(2)19-18-11)16(20)13-6-8-14(9-7-13)17(3,4)5/h6-10H,1-5H3. The van der Waals surface area contributed by atoms with E-state index in [0.29, 0.717) is 16.8 Å². The van der Waals surface area contributed by atoms with E-state index in [1.165, 1.54) is 5.56 Å². The molecule has 3 nitrogen and oxygen atoms in total. The second kappa shape index (κ2) is 5.16. The van der Waals surface area contributed by atoms with Gasteiger partial charge in [0, 0.05) is 11.1 Å². The lowest BCUT2D eigenvalue weighted by atomic mass is 9.86. The van der Waals surface area contributed by atoms with Crippen molar-refractivity contribution in [2.24, 2.45) is 0 Å². The van der Waals surface area contributed by atoms with E-state index in [2.05, 4.69) is 31.0 Å². The first-order valence-electron chi connectivity index (χ1n) is 6.75. The van der Waals surface area contributed by atoms with Gasteiger partial charge >= 0.3 is 0 Å². The summed E-state index contributed by atoms with van der Waals surface area (Å²) in [5, 5.41) is 7.97. The van der Waals surface area contributed by atoms with Crippen molar-refractivity contribution in [3.05, 3.63) is 58.4 Å². The van der Waals surface area contributed by atoms with Gasteiger partial charge in [0.2, 0.25) is 0 Å². The van der Waals surface area contributed by atoms with Crippen molar-refractivity contribution in [2.75, 3.05) is 0 Å². The number of carbonyl (C=O) groups is 1. The largest absolute Gasteiger partial charge is 0.289 e. The molecule has 2 aromatic rings. The zero-order chi connectivity index (χ0) is 14.9. The molecular weight excluding hydrogens is 248 g/mol. The van der Waals surface area contributed by atoms with Gasteiger partial charge in [0.15, 0.2) is 5.78 Å². The minimum Gasteiger partial charge on any atom is -0.289 e. The first-order valence-corrected chi connectivity index (χ1v) is 6.75. The third-order valence-electron chi connectivity index (χ3n) is 3.36. The molecule has 0 fully saturated rings. The highest BCUT2D eigenvalue weighted by Crippen LogP contribution is 2.23. The molecule has 104 valence electrons. The third-order valence-corrected chi connectivity index (χ3v) is 3.36. The van der Waals surface area contributed by atoms with Crippen molar-refractivity contribution in [3.8, 4) is 0 Å². The van der Waals surface area contributed by atoms with Crippen LogP contribution in [0.1, 0.15) is 53.6 Å². The zero-order valence-corrected chi connectivity index (χ0v) is 12.7. The van der Waals surface area contributed by atoms with Gasteiger partial charge in [0.05, 0.1) is 11.4 Å². The van der Waals surface area contributed by atoms with Gasteiger partial charge in [-0.05, 0) is 30.9 Å². The van der Waals surface area contributed by atoms with E-state index < -0.39 is 0 Å². The van der Waals surface area contributed by atoms with E-state index in [1.54, 1.807) is 6.07 Å². The van der Waals surface area contributed by atoms with Crippen molar-refractivity contribution < 1.29 is 4.79 Å². The maximum Gasteiger partial charge on any atom is 0.194 e. The first kappa shape index (κ1) is 14.4. The molecule has 1 heterocycles. The molecule has 1 aromatic carbocycles. The molecule has 0 aliphatic rings. The van der Waals surface area contributed by atoms with Gasteiger partial charge in [0.25, 0.3) is 0 Å². The quantitative estimate of drug-likeness (QED) is 0.781. The van der Waals surface area contributed by atoms with Crippen LogP contribution in [0.15, 0.2) is 30.3 Å². The molecule has 0 amide bonds. The predicted octanol–water partition coefficient (Wildman–Crippen LogP) is 3.62. The second-order valence-corrected chi connectivity index (χ2v) is 6.14. The van der Waals surface area contributed by atoms with Crippen LogP contribution in [0, 0.1) is 13.8 Å². The molecule has 2 rings (SSSR count). The molecule has 0 radical (unpaired) electrons. The summed E-state index contributed by atoms with van der Waals surface area (Å²) in [6, 6.07) is 9.60. The first-order chi connectivity index (χ1) is 9.29. The van der Waals surface area contributed by atoms with Crippen LogP contribution in [-0.2, 0) is 5.41 Å². The Kier molecular flexibility index (Phi) is 3.71. The normalized spacial score (nSPS) is 11.4. The number of ketones is 1. The van der Waals surface area contributed by atoms with Gasteiger partial charge in [-0.1, -0.05) is 45.0 Å². The molecule has 0 aliphatic carbocycles. The highest BCUT2D eigenvalue weighted by atomic mass is 16.1. The number of nitrogens with zero attached hydrogens (tertiary/aromatic N) is 2. The van der Waals surface area contributed by atoms with Gasteiger partial charge in [-0.15, -0.1) is 0 Å². The van der Waals surface area contributed by atoms with Crippen LogP contribution in [-0.4, -0.2) is 16.0 Å². The fraction of sp³-hybridized carbons (Fsp3) is 0.353. The average molecular weight is 268 g/mol. The Bertz CT molecular complexity index is 637. The number of hydrogen-bond donors (Lipinski definition) is 0. The second-order valence-electron chi connectivity index (χ2n) is 6.14. The molecule has 0 bridgehead atoms. The van der Waals surface area contributed by atoms with Crippen LogP contribution in [0.3, 0.4) is 0 Å². The minimum absolute atomic E-state index is 0.000888. The minimum atomic E-state index is 0.000888. The summed E-state index contributed by atoms with van der Waals surface area (Å²) in [5.74, 6) is 0.000888. The maximum atomic E-state index is 12.5. The molecule has 1 aromatic heterocycles. The lowest BCUT2D eigenvalue weighted by Gasteiger charge is -2.19. The van der Waals surface area contributed by atoms with Crippen molar-refractivity contribution in [3.63, 3.8) is 0 Å². The Morgan fingerprint density at radius 1 is 1.00 bits per heavy atom. The Balaban J connectivity index is 2.37. The molecular formula is C17H20N2O. The summed E-state index contributed by atoms with van der Waals surface area (Å²) in [7, 11) is 0. The molecule has 20 heavy (non-hydrogen) atoms. The van der Waals surface area contributed by atoms with Crippen LogP contribution < -0.4 is 0 Å².